The number of halogens is 1. The maximum absolute atomic E-state index is 11.6. The summed E-state index contributed by atoms with van der Waals surface area (Å²) >= 11 is 6.22. The first-order valence-corrected chi connectivity index (χ1v) is 11.2. The molecule has 0 radical (unpaired) electrons. The van der Waals surface area contributed by atoms with Gasteiger partial charge < -0.3 is 14.8 Å². The van der Waals surface area contributed by atoms with Gasteiger partial charge in [-0.25, -0.2) is 8.42 Å². The average molecular weight is 447 g/mol. The first kappa shape index (κ1) is 21.8. The van der Waals surface area contributed by atoms with E-state index in [0.29, 0.717) is 27.4 Å². The van der Waals surface area contributed by atoms with Gasteiger partial charge in [0.15, 0.2) is 9.84 Å². The fourth-order valence-corrected chi connectivity index (χ4v) is 3.64. The molecule has 2 N–H and O–H groups in total. The van der Waals surface area contributed by atoms with Crippen LogP contribution in [0.25, 0.3) is 11.5 Å². The molecule has 1 heterocycles. The summed E-state index contributed by atoms with van der Waals surface area (Å²) in [6.07, 6.45) is 0.239. The van der Waals surface area contributed by atoms with E-state index in [1.807, 2.05) is 6.07 Å². The molecule has 10 heteroatoms. The SMILES string of the molecule is Cc1c(N[C@@H](c2nnc(-c3ccc(S(C)(=O)=O)cc3)o2)[C@H](C)O)ccc(C#N)c1Cl. The third kappa shape index (κ3) is 4.46. The van der Waals surface area contributed by atoms with Crippen molar-refractivity contribution >= 4 is 27.1 Å². The predicted octanol–water partition coefficient (Wildman–Crippen LogP) is 3.51. The molecule has 3 rings (SSSR count). The maximum atomic E-state index is 11.6. The molecule has 0 amide bonds. The van der Waals surface area contributed by atoms with Gasteiger partial charge in [-0.1, -0.05) is 11.6 Å². The number of benzene rings is 2. The minimum absolute atomic E-state index is 0.145. The Morgan fingerprint density at radius 2 is 1.87 bits per heavy atom. The Morgan fingerprint density at radius 3 is 2.43 bits per heavy atom. The number of hydrogen-bond donors (Lipinski definition) is 2. The maximum Gasteiger partial charge on any atom is 0.247 e. The Kier molecular flexibility index (Phi) is 6.12. The Morgan fingerprint density at radius 1 is 1.20 bits per heavy atom. The standard InChI is InChI=1S/C20H19ClN4O4S/c1-11-16(9-6-14(10-22)17(11)21)23-18(12(2)26)20-25-24-19(29-20)13-4-7-15(8-5-13)30(3,27)28/h4-9,12,18,23,26H,1-3H3/t12-,18+/m0/s1. The predicted molar refractivity (Wildman–Crippen MR) is 112 cm³/mol. The van der Waals surface area contributed by atoms with Crippen LogP contribution in [0.1, 0.15) is 30.0 Å². The number of nitrogens with one attached hydrogen (secondary N) is 1. The van der Waals surface area contributed by atoms with Crippen molar-refractivity contribution in [1.82, 2.24) is 10.2 Å². The van der Waals surface area contributed by atoms with Crippen molar-refractivity contribution in [3.05, 3.63) is 58.4 Å². The zero-order chi connectivity index (χ0) is 22.1. The lowest BCUT2D eigenvalue weighted by atomic mass is 10.1. The smallest absolute Gasteiger partial charge is 0.247 e. The Hall–Kier alpha value is -2.93. The van der Waals surface area contributed by atoms with Gasteiger partial charge in [0.05, 0.1) is 21.6 Å². The van der Waals surface area contributed by atoms with Crippen LogP contribution in [0.3, 0.4) is 0 Å². The molecular weight excluding hydrogens is 428 g/mol. The minimum Gasteiger partial charge on any atom is -0.418 e. The molecule has 0 aliphatic heterocycles. The van der Waals surface area contributed by atoms with E-state index in [1.54, 1.807) is 38.1 Å². The topological polar surface area (TPSA) is 129 Å². The van der Waals surface area contributed by atoms with Crippen LogP contribution in [0.5, 0.6) is 0 Å². The Balaban J connectivity index is 1.90. The molecule has 0 spiro atoms. The average Bonchev–Trinajstić information content (AvgIpc) is 3.18. The van der Waals surface area contributed by atoms with Crippen molar-refractivity contribution in [3.63, 3.8) is 0 Å². The zero-order valence-electron chi connectivity index (χ0n) is 16.4. The fourth-order valence-electron chi connectivity index (χ4n) is 2.81. The minimum atomic E-state index is -3.31. The number of nitriles is 1. The van der Waals surface area contributed by atoms with E-state index in [4.69, 9.17) is 21.3 Å². The van der Waals surface area contributed by atoms with Gasteiger partial charge in [-0.2, -0.15) is 5.26 Å². The van der Waals surface area contributed by atoms with Crippen LogP contribution in [0.2, 0.25) is 5.02 Å². The summed E-state index contributed by atoms with van der Waals surface area (Å²) in [6, 6.07) is 10.6. The van der Waals surface area contributed by atoms with Crippen LogP contribution < -0.4 is 5.32 Å². The second kappa shape index (κ2) is 8.44. The highest BCUT2D eigenvalue weighted by molar-refractivity contribution is 7.90. The molecule has 0 bridgehead atoms. The number of rotatable bonds is 6. The normalized spacial score (nSPS) is 13.5. The van der Waals surface area contributed by atoms with Gasteiger partial charge in [0, 0.05) is 17.5 Å². The molecule has 0 saturated carbocycles. The van der Waals surface area contributed by atoms with Gasteiger partial charge in [-0.15, -0.1) is 10.2 Å². The molecule has 156 valence electrons. The fraction of sp³-hybridized carbons (Fsp3) is 0.250. The van der Waals surface area contributed by atoms with E-state index in [9.17, 15) is 13.5 Å². The van der Waals surface area contributed by atoms with Crippen molar-refractivity contribution in [2.24, 2.45) is 0 Å². The Bertz CT molecular complexity index is 1210. The second-order valence-corrected chi connectivity index (χ2v) is 9.21. The molecule has 0 saturated heterocycles. The van der Waals surface area contributed by atoms with Gasteiger partial charge in [-0.05, 0) is 55.8 Å². The zero-order valence-corrected chi connectivity index (χ0v) is 18.0. The quantitative estimate of drug-likeness (QED) is 0.588. The van der Waals surface area contributed by atoms with E-state index >= 15 is 0 Å². The van der Waals surface area contributed by atoms with Gasteiger partial charge in [0.1, 0.15) is 12.1 Å². The summed E-state index contributed by atoms with van der Waals surface area (Å²) in [4.78, 5) is 0.183. The van der Waals surface area contributed by atoms with Crippen molar-refractivity contribution in [2.45, 2.75) is 30.9 Å². The number of anilines is 1. The van der Waals surface area contributed by atoms with Crippen LogP contribution >= 0.6 is 11.6 Å². The number of aromatic nitrogens is 2. The van der Waals surface area contributed by atoms with Crippen LogP contribution in [-0.2, 0) is 9.84 Å². The monoisotopic (exact) mass is 446 g/mol. The highest BCUT2D eigenvalue weighted by Crippen LogP contribution is 2.31. The third-order valence-corrected chi connectivity index (χ3v) is 6.15. The van der Waals surface area contributed by atoms with Crippen molar-refractivity contribution < 1.29 is 17.9 Å². The summed E-state index contributed by atoms with van der Waals surface area (Å²) in [5.74, 6) is 0.333. The number of hydrogen-bond acceptors (Lipinski definition) is 8. The number of nitrogens with zero attached hydrogens (tertiary/aromatic N) is 3. The molecule has 1 aromatic heterocycles. The number of aliphatic hydroxyl groups is 1. The molecule has 2 atom stereocenters. The van der Waals surface area contributed by atoms with Crippen LogP contribution in [-0.4, -0.2) is 36.1 Å². The van der Waals surface area contributed by atoms with Crippen molar-refractivity contribution in [3.8, 4) is 17.5 Å². The summed E-state index contributed by atoms with van der Waals surface area (Å²) in [6.45, 7) is 3.33. The number of aliphatic hydroxyl groups excluding tert-OH is 1. The highest BCUT2D eigenvalue weighted by Gasteiger charge is 2.25. The molecule has 2 aromatic carbocycles. The van der Waals surface area contributed by atoms with Gasteiger partial charge in [0.25, 0.3) is 0 Å². The highest BCUT2D eigenvalue weighted by atomic mass is 35.5. The molecule has 30 heavy (non-hydrogen) atoms. The molecule has 8 nitrogen and oxygen atoms in total. The van der Waals surface area contributed by atoms with Gasteiger partial charge in [0.2, 0.25) is 11.8 Å². The molecular formula is C20H19ClN4O4S. The van der Waals surface area contributed by atoms with Crippen molar-refractivity contribution in [2.75, 3.05) is 11.6 Å². The van der Waals surface area contributed by atoms with Gasteiger partial charge >= 0.3 is 0 Å². The van der Waals surface area contributed by atoms with Gasteiger partial charge in [-0.3, -0.25) is 0 Å². The lowest BCUT2D eigenvalue weighted by molar-refractivity contribution is 0.159. The molecule has 0 aliphatic carbocycles. The van der Waals surface area contributed by atoms with Crippen LogP contribution in [0.4, 0.5) is 5.69 Å². The largest absolute Gasteiger partial charge is 0.418 e. The van der Waals surface area contributed by atoms with Crippen LogP contribution in [0.15, 0.2) is 45.7 Å². The van der Waals surface area contributed by atoms with E-state index in [0.717, 1.165) is 6.26 Å². The Labute approximate surface area is 179 Å². The summed E-state index contributed by atoms with van der Waals surface area (Å²) < 4.78 is 28.9. The lowest BCUT2D eigenvalue weighted by Gasteiger charge is -2.21. The summed E-state index contributed by atoms with van der Waals surface area (Å²) in [7, 11) is -3.31. The first-order valence-electron chi connectivity index (χ1n) is 8.89. The number of sulfone groups is 1. The van der Waals surface area contributed by atoms with E-state index in [-0.39, 0.29) is 16.7 Å². The molecule has 0 fully saturated rings. The second-order valence-electron chi connectivity index (χ2n) is 6.82. The lowest BCUT2D eigenvalue weighted by Crippen LogP contribution is -2.23. The molecule has 0 aliphatic rings. The molecule has 0 unspecified atom stereocenters. The third-order valence-electron chi connectivity index (χ3n) is 4.54. The van der Waals surface area contributed by atoms with E-state index in [1.165, 1.54) is 12.1 Å². The van der Waals surface area contributed by atoms with E-state index in [2.05, 4.69) is 15.5 Å². The first-order chi connectivity index (χ1) is 14.1. The van der Waals surface area contributed by atoms with Crippen molar-refractivity contribution in [1.29, 1.82) is 5.26 Å². The summed E-state index contributed by atoms with van der Waals surface area (Å²) in [5.41, 5.74) is 2.16. The van der Waals surface area contributed by atoms with Crippen LogP contribution in [0, 0.1) is 18.3 Å². The summed E-state index contributed by atoms with van der Waals surface area (Å²) in [5, 5.41) is 30.8. The molecule has 3 aromatic rings. The van der Waals surface area contributed by atoms with E-state index < -0.39 is 22.0 Å².